The minimum Gasteiger partial charge on any atom is -0.478 e. The van der Waals surface area contributed by atoms with E-state index < -0.39 is 11.9 Å². The van der Waals surface area contributed by atoms with E-state index in [4.69, 9.17) is 5.11 Å². The largest absolute Gasteiger partial charge is 0.478 e. The molecule has 0 aromatic heterocycles. The van der Waals surface area contributed by atoms with Crippen LogP contribution in [-0.4, -0.2) is 23.5 Å². The van der Waals surface area contributed by atoms with Crippen LogP contribution in [0.2, 0.25) is 0 Å². The third-order valence-electron chi connectivity index (χ3n) is 2.20. The molecule has 0 bridgehead atoms. The van der Waals surface area contributed by atoms with Crippen LogP contribution in [0.1, 0.15) is 33.6 Å². The van der Waals surface area contributed by atoms with E-state index in [-0.39, 0.29) is 0 Å². The number of hydrogen-bond donors (Lipinski definition) is 2. The number of carboxylic acids is 1. The second-order valence-corrected chi connectivity index (χ2v) is 4.29. The Bertz CT molecular complexity index is 375. The normalized spacial score (nSPS) is 11.4. The van der Waals surface area contributed by atoms with Gasteiger partial charge in [-0.05, 0) is 33.6 Å². The highest BCUT2D eigenvalue weighted by molar-refractivity contribution is 5.93. The number of rotatable bonds is 7. The summed E-state index contributed by atoms with van der Waals surface area (Å²) in [6.07, 6.45) is 7.90. The Morgan fingerprint density at radius 2 is 1.78 bits per heavy atom. The Labute approximate surface area is 108 Å². The van der Waals surface area contributed by atoms with Gasteiger partial charge in [0, 0.05) is 18.7 Å². The van der Waals surface area contributed by atoms with Crippen molar-refractivity contribution in [2.75, 3.05) is 6.54 Å². The van der Waals surface area contributed by atoms with E-state index in [9.17, 15) is 9.59 Å². The number of hydrogen-bond acceptors (Lipinski definition) is 2. The maximum Gasteiger partial charge on any atom is 0.328 e. The molecule has 0 spiro atoms. The van der Waals surface area contributed by atoms with Crippen LogP contribution in [0.5, 0.6) is 0 Å². The molecule has 4 heteroatoms. The fourth-order valence-electron chi connectivity index (χ4n) is 1.22. The molecule has 0 saturated carbocycles. The lowest BCUT2D eigenvalue weighted by atomic mass is 10.1. The van der Waals surface area contributed by atoms with Crippen molar-refractivity contribution in [3.8, 4) is 0 Å². The smallest absolute Gasteiger partial charge is 0.328 e. The van der Waals surface area contributed by atoms with Crippen molar-refractivity contribution in [1.29, 1.82) is 0 Å². The van der Waals surface area contributed by atoms with Gasteiger partial charge in [0.15, 0.2) is 0 Å². The summed E-state index contributed by atoms with van der Waals surface area (Å²) in [5, 5.41) is 10.9. The van der Waals surface area contributed by atoms with Crippen molar-refractivity contribution in [3.05, 3.63) is 35.5 Å². The van der Waals surface area contributed by atoms with Crippen LogP contribution >= 0.6 is 0 Å². The van der Waals surface area contributed by atoms with Crippen molar-refractivity contribution >= 4 is 11.9 Å². The summed E-state index contributed by atoms with van der Waals surface area (Å²) in [6, 6.07) is 0. The van der Waals surface area contributed by atoms with Crippen molar-refractivity contribution in [2.45, 2.75) is 33.6 Å². The molecule has 0 atom stereocenters. The average Bonchev–Trinajstić information content (AvgIpc) is 2.25. The Hall–Kier alpha value is -1.84. The summed E-state index contributed by atoms with van der Waals surface area (Å²) in [6.45, 7) is 6.56. The molecule has 0 fully saturated rings. The Kier molecular flexibility index (Phi) is 8.27. The van der Waals surface area contributed by atoms with Gasteiger partial charge in [0.2, 0.25) is 5.91 Å². The maximum atomic E-state index is 11.1. The molecule has 1 amide bonds. The summed E-state index contributed by atoms with van der Waals surface area (Å²) in [4.78, 5) is 21.3. The third kappa shape index (κ3) is 10.7. The fraction of sp³-hybridized carbons (Fsp3) is 0.429. The van der Waals surface area contributed by atoms with Gasteiger partial charge in [-0.2, -0.15) is 0 Å². The number of carboxylic acid groups (broad SMARTS) is 1. The van der Waals surface area contributed by atoms with Crippen molar-refractivity contribution in [2.24, 2.45) is 0 Å². The predicted octanol–water partition coefficient (Wildman–Crippen LogP) is 2.44. The molecule has 0 heterocycles. The standard InChI is InChI=1S/C14H21NO3/c1-11(2)5-4-6-12(3)9-10-15-13(16)7-8-14(17)18/h5,7-9H,4,6,10H2,1-3H3,(H,15,16)(H,17,18). The lowest BCUT2D eigenvalue weighted by molar-refractivity contribution is -0.131. The summed E-state index contributed by atoms with van der Waals surface area (Å²) in [5.74, 6) is -1.52. The number of amides is 1. The lowest BCUT2D eigenvalue weighted by Crippen LogP contribution is -2.21. The first-order chi connectivity index (χ1) is 8.41. The van der Waals surface area contributed by atoms with Gasteiger partial charge >= 0.3 is 5.97 Å². The Balaban J connectivity index is 3.90. The molecule has 0 aliphatic carbocycles. The van der Waals surface area contributed by atoms with E-state index in [1.165, 1.54) is 11.1 Å². The molecule has 0 aliphatic rings. The summed E-state index contributed by atoms with van der Waals surface area (Å²) in [5.41, 5.74) is 2.50. The molecular formula is C14H21NO3. The second-order valence-electron chi connectivity index (χ2n) is 4.29. The molecule has 0 aromatic carbocycles. The minimum absolute atomic E-state index is 0.397. The lowest BCUT2D eigenvalue weighted by Gasteiger charge is -2.00. The van der Waals surface area contributed by atoms with Gasteiger partial charge in [0.25, 0.3) is 0 Å². The predicted molar refractivity (Wildman–Crippen MR) is 72.2 cm³/mol. The van der Waals surface area contributed by atoms with E-state index in [1.807, 2.05) is 13.0 Å². The van der Waals surface area contributed by atoms with E-state index in [2.05, 4.69) is 25.2 Å². The Morgan fingerprint density at radius 1 is 1.11 bits per heavy atom. The van der Waals surface area contributed by atoms with Crippen LogP contribution in [0.15, 0.2) is 35.5 Å². The van der Waals surface area contributed by atoms with Gasteiger partial charge in [-0.15, -0.1) is 0 Å². The molecule has 0 unspecified atom stereocenters. The summed E-state index contributed by atoms with van der Waals surface area (Å²) < 4.78 is 0. The first-order valence-electron chi connectivity index (χ1n) is 5.89. The first kappa shape index (κ1) is 16.2. The monoisotopic (exact) mass is 251 g/mol. The van der Waals surface area contributed by atoms with Crippen molar-refractivity contribution in [3.63, 3.8) is 0 Å². The van der Waals surface area contributed by atoms with E-state index in [1.54, 1.807) is 0 Å². The topological polar surface area (TPSA) is 66.4 Å². The number of aliphatic carboxylic acids is 1. The van der Waals surface area contributed by atoms with Crippen molar-refractivity contribution in [1.82, 2.24) is 5.32 Å². The van der Waals surface area contributed by atoms with Crippen LogP contribution in [-0.2, 0) is 9.59 Å². The molecule has 0 radical (unpaired) electrons. The zero-order valence-corrected chi connectivity index (χ0v) is 11.2. The summed E-state index contributed by atoms with van der Waals surface area (Å²) in [7, 11) is 0. The molecule has 0 saturated heterocycles. The summed E-state index contributed by atoms with van der Waals surface area (Å²) >= 11 is 0. The van der Waals surface area contributed by atoms with Crippen molar-refractivity contribution < 1.29 is 14.7 Å². The first-order valence-corrected chi connectivity index (χ1v) is 5.89. The zero-order valence-electron chi connectivity index (χ0n) is 11.2. The molecule has 0 aromatic rings. The van der Waals surface area contributed by atoms with Crippen LogP contribution < -0.4 is 5.32 Å². The van der Waals surface area contributed by atoms with Gasteiger partial charge in [0.1, 0.15) is 0 Å². The average molecular weight is 251 g/mol. The molecule has 18 heavy (non-hydrogen) atoms. The minimum atomic E-state index is -1.13. The number of allylic oxidation sites excluding steroid dienone is 3. The SMILES string of the molecule is CC(C)=CCCC(C)=CCNC(=O)C=CC(=O)O. The van der Waals surface area contributed by atoms with Crippen LogP contribution in [0.25, 0.3) is 0 Å². The highest BCUT2D eigenvalue weighted by Crippen LogP contribution is 2.05. The van der Waals surface area contributed by atoms with E-state index in [0.717, 1.165) is 25.0 Å². The molecule has 100 valence electrons. The number of carbonyl (C=O) groups is 2. The zero-order chi connectivity index (χ0) is 14.0. The highest BCUT2D eigenvalue weighted by Gasteiger charge is 1.95. The van der Waals surface area contributed by atoms with Gasteiger partial charge in [-0.1, -0.05) is 23.3 Å². The second kappa shape index (κ2) is 9.22. The molecule has 0 rings (SSSR count). The highest BCUT2D eigenvalue weighted by atomic mass is 16.4. The van der Waals surface area contributed by atoms with Crippen LogP contribution in [0, 0.1) is 0 Å². The number of nitrogens with one attached hydrogen (secondary N) is 1. The quantitative estimate of drug-likeness (QED) is 0.539. The fourth-order valence-corrected chi connectivity index (χ4v) is 1.22. The van der Waals surface area contributed by atoms with Gasteiger partial charge in [-0.3, -0.25) is 4.79 Å². The Morgan fingerprint density at radius 3 is 2.33 bits per heavy atom. The van der Waals surface area contributed by atoms with Crippen LogP contribution in [0.4, 0.5) is 0 Å². The number of carbonyl (C=O) groups excluding carboxylic acids is 1. The molecule has 0 aliphatic heterocycles. The maximum absolute atomic E-state index is 11.1. The van der Waals surface area contributed by atoms with Gasteiger partial charge in [0.05, 0.1) is 0 Å². The van der Waals surface area contributed by atoms with Crippen LogP contribution in [0.3, 0.4) is 0 Å². The molecule has 4 nitrogen and oxygen atoms in total. The molecule has 2 N–H and O–H groups in total. The third-order valence-corrected chi connectivity index (χ3v) is 2.20. The van der Waals surface area contributed by atoms with Gasteiger partial charge in [-0.25, -0.2) is 4.79 Å². The van der Waals surface area contributed by atoms with E-state index >= 15 is 0 Å². The molecular weight excluding hydrogens is 230 g/mol. The van der Waals surface area contributed by atoms with Gasteiger partial charge < -0.3 is 10.4 Å². The van der Waals surface area contributed by atoms with E-state index in [0.29, 0.717) is 6.54 Å².